The molecule has 1 saturated carbocycles. The van der Waals surface area contributed by atoms with Gasteiger partial charge in [-0.25, -0.2) is 9.97 Å². The Morgan fingerprint density at radius 3 is 2.30 bits per heavy atom. The molecule has 0 saturated heterocycles. The number of hydrogen-bond donors (Lipinski definition) is 1. The zero-order valence-corrected chi connectivity index (χ0v) is 17.7. The Kier molecular flexibility index (Phi) is 8.54. The van der Waals surface area contributed by atoms with Crippen molar-refractivity contribution in [3.8, 4) is 0 Å². The summed E-state index contributed by atoms with van der Waals surface area (Å²) in [7, 11) is 0. The number of esters is 1. The number of ether oxygens (including phenoxy) is 1. The molecular weight excluding hydrogens is 362 g/mol. The maximum absolute atomic E-state index is 12.3. The lowest BCUT2D eigenvalue weighted by atomic mass is 10.1. The topological polar surface area (TPSA) is 81.2 Å². The molecule has 27 heavy (non-hydrogen) atoms. The largest absolute Gasteiger partial charge is 0.453 e. The number of amides is 1. The number of thioether (sulfide) groups is 1. The van der Waals surface area contributed by atoms with Gasteiger partial charge in [0.15, 0.2) is 11.3 Å². The van der Waals surface area contributed by atoms with Gasteiger partial charge in [0.1, 0.15) is 0 Å². The highest BCUT2D eigenvalue weighted by molar-refractivity contribution is 7.98. The summed E-state index contributed by atoms with van der Waals surface area (Å²) >= 11 is 1.50. The first-order chi connectivity index (χ1) is 12.9. The van der Waals surface area contributed by atoms with Crippen LogP contribution < -0.4 is 5.32 Å². The van der Waals surface area contributed by atoms with Crippen LogP contribution in [-0.2, 0) is 20.7 Å². The van der Waals surface area contributed by atoms with Crippen LogP contribution in [-0.4, -0.2) is 40.2 Å². The second kappa shape index (κ2) is 10.6. The van der Waals surface area contributed by atoms with E-state index >= 15 is 0 Å². The number of rotatable bonds is 7. The van der Waals surface area contributed by atoms with Crippen LogP contribution in [0.25, 0.3) is 0 Å². The van der Waals surface area contributed by atoms with Crippen LogP contribution >= 0.6 is 11.8 Å². The molecule has 1 amide bonds. The molecule has 0 aliphatic heterocycles. The van der Waals surface area contributed by atoms with E-state index in [9.17, 15) is 9.59 Å². The smallest absolute Gasteiger partial charge is 0.306 e. The van der Waals surface area contributed by atoms with Gasteiger partial charge in [0.05, 0.1) is 0 Å². The minimum absolute atomic E-state index is 0.199. The summed E-state index contributed by atoms with van der Waals surface area (Å²) in [6.45, 7) is 5.49. The van der Waals surface area contributed by atoms with Crippen molar-refractivity contribution in [1.82, 2.24) is 15.3 Å². The summed E-state index contributed by atoms with van der Waals surface area (Å²) in [5.74, 6) is -0.568. The molecule has 0 spiro atoms. The highest BCUT2D eigenvalue weighted by atomic mass is 32.2. The summed E-state index contributed by atoms with van der Waals surface area (Å²) in [6, 6.07) is 0.207. The predicted octanol–water partition coefficient (Wildman–Crippen LogP) is 3.52. The van der Waals surface area contributed by atoms with Gasteiger partial charge in [0.2, 0.25) is 0 Å². The number of nitrogens with one attached hydrogen (secondary N) is 1. The van der Waals surface area contributed by atoms with Gasteiger partial charge in [-0.3, -0.25) is 9.59 Å². The second-order valence-corrected chi connectivity index (χ2v) is 7.96. The first kappa shape index (κ1) is 21.7. The van der Waals surface area contributed by atoms with E-state index in [1.165, 1.54) is 24.6 Å². The first-order valence-electron chi connectivity index (χ1n) is 9.78. The van der Waals surface area contributed by atoms with Crippen molar-refractivity contribution < 1.29 is 14.3 Å². The van der Waals surface area contributed by atoms with Crippen molar-refractivity contribution in [3.05, 3.63) is 17.0 Å². The average molecular weight is 394 g/mol. The third-order valence-corrected chi connectivity index (χ3v) is 5.59. The van der Waals surface area contributed by atoms with Gasteiger partial charge in [0, 0.05) is 23.9 Å². The monoisotopic (exact) mass is 393 g/mol. The molecule has 1 N–H and O–H groups in total. The molecule has 7 heteroatoms. The maximum atomic E-state index is 12.3. The van der Waals surface area contributed by atoms with Gasteiger partial charge in [-0.15, -0.1) is 0 Å². The highest BCUT2D eigenvalue weighted by Gasteiger charge is 2.22. The van der Waals surface area contributed by atoms with Crippen LogP contribution in [0.4, 0.5) is 0 Å². The fourth-order valence-electron chi connectivity index (χ4n) is 3.44. The minimum atomic E-state index is -0.766. The van der Waals surface area contributed by atoms with Crippen LogP contribution in [0.15, 0.2) is 5.16 Å². The van der Waals surface area contributed by atoms with Gasteiger partial charge >= 0.3 is 5.97 Å². The van der Waals surface area contributed by atoms with E-state index in [4.69, 9.17) is 4.74 Å². The summed E-state index contributed by atoms with van der Waals surface area (Å²) in [5.41, 5.74) is 2.75. The van der Waals surface area contributed by atoms with Crippen LogP contribution in [0.1, 0.15) is 68.8 Å². The number of hydrogen-bond acceptors (Lipinski definition) is 6. The molecule has 1 aliphatic carbocycles. The van der Waals surface area contributed by atoms with E-state index in [0.717, 1.165) is 47.8 Å². The van der Waals surface area contributed by atoms with Crippen LogP contribution in [0.3, 0.4) is 0 Å². The van der Waals surface area contributed by atoms with E-state index in [1.54, 1.807) is 6.92 Å². The Bertz CT molecular complexity index is 635. The Balaban J connectivity index is 1.81. The normalized spacial score (nSPS) is 16.4. The van der Waals surface area contributed by atoms with Crippen molar-refractivity contribution in [2.75, 3.05) is 6.26 Å². The Labute approximate surface area is 166 Å². The number of nitrogens with zero attached hydrogens (tertiary/aromatic N) is 2. The molecule has 1 heterocycles. The van der Waals surface area contributed by atoms with Crippen molar-refractivity contribution in [1.29, 1.82) is 0 Å². The molecule has 0 unspecified atom stereocenters. The van der Waals surface area contributed by atoms with Crippen LogP contribution in [0.2, 0.25) is 0 Å². The number of carbonyl (C=O) groups is 2. The lowest BCUT2D eigenvalue weighted by Crippen LogP contribution is -2.41. The summed E-state index contributed by atoms with van der Waals surface area (Å²) in [6.07, 6.45) is 8.69. The fraction of sp³-hybridized carbons (Fsp3) is 0.700. The Morgan fingerprint density at radius 1 is 1.15 bits per heavy atom. The molecule has 1 atom stereocenters. The molecule has 0 radical (unpaired) electrons. The average Bonchev–Trinajstić information content (AvgIpc) is 2.89. The van der Waals surface area contributed by atoms with Crippen LogP contribution in [0, 0.1) is 13.8 Å². The van der Waals surface area contributed by atoms with Gasteiger partial charge in [-0.05, 0) is 51.9 Å². The van der Waals surface area contributed by atoms with Crippen molar-refractivity contribution in [2.45, 2.75) is 89.4 Å². The lowest BCUT2D eigenvalue weighted by molar-refractivity contribution is -0.155. The second-order valence-electron chi connectivity index (χ2n) is 7.19. The standard InChI is InChI=1S/C20H31N3O3S/c1-13-17(14(2)22-20(21-13)27-4)11-12-18(24)26-15(3)19(25)23-16-9-7-5-6-8-10-16/h15-16H,5-12H2,1-4H3,(H,23,25)/t15-/m0/s1. The van der Waals surface area contributed by atoms with Gasteiger partial charge < -0.3 is 10.1 Å². The Morgan fingerprint density at radius 2 is 1.74 bits per heavy atom. The van der Waals surface area contributed by atoms with Crippen LogP contribution in [0.5, 0.6) is 0 Å². The number of carbonyl (C=O) groups excluding carboxylic acids is 2. The van der Waals surface area contributed by atoms with Gasteiger partial charge in [-0.1, -0.05) is 37.4 Å². The third kappa shape index (κ3) is 6.79. The number of aromatic nitrogens is 2. The number of aryl methyl sites for hydroxylation is 2. The molecule has 150 valence electrons. The Hall–Kier alpha value is -1.63. The van der Waals surface area contributed by atoms with Crippen molar-refractivity contribution >= 4 is 23.6 Å². The quantitative estimate of drug-likeness (QED) is 0.330. The summed E-state index contributed by atoms with van der Waals surface area (Å²) in [4.78, 5) is 33.3. The van der Waals surface area contributed by atoms with E-state index < -0.39 is 6.10 Å². The SMILES string of the molecule is CSc1nc(C)c(CCC(=O)O[C@@H](C)C(=O)NC2CCCCCC2)c(C)n1. The van der Waals surface area contributed by atoms with E-state index in [-0.39, 0.29) is 24.3 Å². The fourth-order valence-corrected chi connectivity index (χ4v) is 3.90. The third-order valence-electron chi connectivity index (χ3n) is 5.04. The molecule has 0 bridgehead atoms. The minimum Gasteiger partial charge on any atom is -0.453 e. The molecule has 1 aliphatic rings. The van der Waals surface area contributed by atoms with E-state index in [2.05, 4.69) is 15.3 Å². The molecule has 1 aromatic rings. The maximum Gasteiger partial charge on any atom is 0.306 e. The molecule has 2 rings (SSSR count). The molecular formula is C20H31N3O3S. The lowest BCUT2D eigenvalue weighted by Gasteiger charge is -2.19. The molecule has 0 aromatic carbocycles. The molecule has 6 nitrogen and oxygen atoms in total. The van der Waals surface area contributed by atoms with E-state index in [0.29, 0.717) is 6.42 Å². The zero-order valence-electron chi connectivity index (χ0n) is 16.8. The van der Waals surface area contributed by atoms with Gasteiger partial charge in [0.25, 0.3) is 5.91 Å². The zero-order chi connectivity index (χ0) is 19.8. The summed E-state index contributed by atoms with van der Waals surface area (Å²) in [5, 5.41) is 3.77. The predicted molar refractivity (Wildman–Crippen MR) is 107 cm³/mol. The van der Waals surface area contributed by atoms with Gasteiger partial charge in [-0.2, -0.15) is 0 Å². The van der Waals surface area contributed by atoms with E-state index in [1.807, 2.05) is 20.1 Å². The highest BCUT2D eigenvalue weighted by Crippen LogP contribution is 2.18. The van der Waals surface area contributed by atoms with Crippen molar-refractivity contribution in [2.24, 2.45) is 0 Å². The molecule has 1 fully saturated rings. The van der Waals surface area contributed by atoms with Crippen molar-refractivity contribution in [3.63, 3.8) is 0 Å². The summed E-state index contributed by atoms with van der Waals surface area (Å²) < 4.78 is 5.34. The molecule has 1 aromatic heterocycles. The first-order valence-corrected chi connectivity index (χ1v) is 11.0.